The molecule has 0 aliphatic carbocycles. The van der Waals surface area contributed by atoms with Crippen LogP contribution in [0.3, 0.4) is 0 Å². The number of rotatable bonds is 13. The number of carbonyl (C=O) groups is 1. The molecule has 1 fully saturated rings. The lowest BCUT2D eigenvalue weighted by atomic mass is 9.93. The van der Waals surface area contributed by atoms with E-state index < -0.39 is 11.0 Å². The number of fused-ring (bicyclic) bond motifs is 1. The van der Waals surface area contributed by atoms with E-state index >= 15 is 0 Å². The lowest BCUT2D eigenvalue weighted by Gasteiger charge is -2.32. The van der Waals surface area contributed by atoms with Gasteiger partial charge in [-0.05, 0) is 68.1 Å². The highest BCUT2D eigenvalue weighted by Gasteiger charge is 2.21. The summed E-state index contributed by atoms with van der Waals surface area (Å²) in [4.78, 5) is 30.8. The van der Waals surface area contributed by atoms with Crippen molar-refractivity contribution in [1.82, 2.24) is 19.4 Å². The predicted octanol–water partition coefficient (Wildman–Crippen LogP) is 5.79. The second kappa shape index (κ2) is 14.8. The Morgan fingerprint density at radius 2 is 1.75 bits per heavy atom. The first-order chi connectivity index (χ1) is 21.4. The minimum Gasteiger partial charge on any atom is -0.530 e. The summed E-state index contributed by atoms with van der Waals surface area (Å²) in [5.41, 5.74) is 4.27. The van der Waals surface area contributed by atoms with Crippen LogP contribution in [0.15, 0.2) is 91.0 Å². The number of carbonyl (C=O) groups excluding carboxylic acids is 1. The number of aromatic nitrogens is 2. The Kier molecular flexibility index (Phi) is 10.4. The molecular formula is C35H40N5O4-. The van der Waals surface area contributed by atoms with Crippen LogP contribution in [0.2, 0.25) is 0 Å². The van der Waals surface area contributed by atoms with Gasteiger partial charge in [-0.15, -0.1) is 0 Å². The Labute approximate surface area is 258 Å². The molecule has 0 spiro atoms. The molecule has 5 rings (SSSR count). The number of amides is 1. The van der Waals surface area contributed by atoms with Gasteiger partial charge in [-0.1, -0.05) is 73.7 Å². The average Bonchev–Trinajstić information content (AvgIpc) is 3.41. The first-order valence-corrected chi connectivity index (χ1v) is 15.5. The number of non-ortho nitro benzene ring substituents is 1. The monoisotopic (exact) mass is 594 g/mol. The van der Waals surface area contributed by atoms with Crippen LogP contribution >= 0.6 is 0 Å². The number of allylic oxidation sites excluding steroid dienone is 1. The van der Waals surface area contributed by atoms with E-state index in [1.165, 1.54) is 28.1 Å². The fourth-order valence-corrected chi connectivity index (χ4v) is 6.14. The number of nitro benzene ring substituents is 1. The van der Waals surface area contributed by atoms with E-state index in [9.17, 15) is 20.0 Å². The van der Waals surface area contributed by atoms with Crippen molar-refractivity contribution >= 4 is 22.8 Å². The molecule has 2 heterocycles. The van der Waals surface area contributed by atoms with Crippen LogP contribution < -0.4 is 5.11 Å². The molecule has 9 heteroatoms. The van der Waals surface area contributed by atoms with E-state index in [4.69, 9.17) is 4.98 Å². The van der Waals surface area contributed by atoms with Gasteiger partial charge in [-0.3, -0.25) is 10.1 Å². The number of imidazole rings is 1. The van der Waals surface area contributed by atoms with Crippen molar-refractivity contribution in [2.45, 2.75) is 51.6 Å². The molecule has 1 atom stereocenters. The van der Waals surface area contributed by atoms with Crippen LogP contribution in [0, 0.1) is 16.0 Å². The third-order valence-corrected chi connectivity index (χ3v) is 8.66. The van der Waals surface area contributed by atoms with Gasteiger partial charge in [-0.25, -0.2) is 4.98 Å². The zero-order valence-corrected chi connectivity index (χ0v) is 25.3. The number of nitro groups is 1. The Balaban J connectivity index is 1.14. The third-order valence-electron chi connectivity index (χ3n) is 8.66. The van der Waals surface area contributed by atoms with E-state index in [1.807, 2.05) is 12.1 Å². The molecule has 1 aliphatic rings. The molecule has 0 bridgehead atoms. The molecule has 1 amide bonds. The minimum absolute atomic E-state index is 0.0203. The lowest BCUT2D eigenvalue weighted by Crippen LogP contribution is -2.40. The zero-order valence-electron chi connectivity index (χ0n) is 25.3. The van der Waals surface area contributed by atoms with Crippen LogP contribution in [0.5, 0.6) is 0 Å². The molecule has 0 saturated carbocycles. The summed E-state index contributed by atoms with van der Waals surface area (Å²) >= 11 is 0. The molecule has 1 aromatic heterocycles. The number of hydrogen-bond acceptors (Lipinski definition) is 6. The Hall–Kier alpha value is -4.50. The van der Waals surface area contributed by atoms with Gasteiger partial charge in [0.05, 0.1) is 16.0 Å². The van der Waals surface area contributed by atoms with Crippen molar-refractivity contribution in [3.63, 3.8) is 0 Å². The van der Waals surface area contributed by atoms with Crippen molar-refractivity contribution in [2.24, 2.45) is 5.92 Å². The maximum absolute atomic E-state index is 11.7. The van der Waals surface area contributed by atoms with Crippen LogP contribution in [0.4, 0.5) is 10.5 Å². The van der Waals surface area contributed by atoms with E-state index in [0.717, 1.165) is 63.2 Å². The topological polar surface area (TPSA) is 108 Å². The highest BCUT2D eigenvalue weighted by molar-refractivity contribution is 5.76. The molecule has 0 radical (unpaired) electrons. The average molecular weight is 595 g/mol. The summed E-state index contributed by atoms with van der Waals surface area (Å²) in [6.07, 6.45) is 6.81. The molecular weight excluding hydrogens is 554 g/mol. The van der Waals surface area contributed by atoms with Gasteiger partial charge in [0.1, 0.15) is 11.9 Å². The van der Waals surface area contributed by atoms with Crippen LogP contribution in [-0.4, -0.2) is 56.5 Å². The largest absolute Gasteiger partial charge is 0.530 e. The Bertz CT molecular complexity index is 1560. The van der Waals surface area contributed by atoms with E-state index in [1.54, 1.807) is 12.1 Å². The van der Waals surface area contributed by atoms with Gasteiger partial charge in [0.2, 0.25) is 0 Å². The number of para-hydroxylation sites is 2. The number of piperidine rings is 1. The van der Waals surface area contributed by atoms with Crippen LogP contribution in [-0.2, 0) is 19.5 Å². The second-order valence-electron chi connectivity index (χ2n) is 11.6. The lowest BCUT2D eigenvalue weighted by molar-refractivity contribution is -0.384. The fraction of sp³-hybridized carbons (Fsp3) is 0.371. The van der Waals surface area contributed by atoms with Gasteiger partial charge in [0.15, 0.2) is 0 Å². The molecule has 1 aliphatic heterocycles. The molecule has 1 unspecified atom stereocenters. The fourth-order valence-electron chi connectivity index (χ4n) is 6.14. The van der Waals surface area contributed by atoms with Crippen molar-refractivity contribution < 1.29 is 14.8 Å². The summed E-state index contributed by atoms with van der Waals surface area (Å²) in [5.74, 6) is 1.91. The number of likely N-dealkylation sites (tertiary alicyclic amines) is 1. The Morgan fingerprint density at radius 3 is 2.43 bits per heavy atom. The van der Waals surface area contributed by atoms with E-state index in [2.05, 4.69) is 71.0 Å². The highest BCUT2D eigenvalue weighted by atomic mass is 16.6. The molecule has 44 heavy (non-hydrogen) atoms. The summed E-state index contributed by atoms with van der Waals surface area (Å²) < 4.78 is 2.40. The van der Waals surface area contributed by atoms with Crippen molar-refractivity contribution in [2.75, 3.05) is 26.2 Å². The maximum Gasteiger partial charge on any atom is 0.269 e. The molecule has 230 valence electrons. The quantitative estimate of drug-likeness (QED) is 0.110. The number of carboxylic acid groups (broad SMARTS) is 1. The Morgan fingerprint density at radius 1 is 1.05 bits per heavy atom. The summed E-state index contributed by atoms with van der Waals surface area (Å²) in [7, 11) is 0. The van der Waals surface area contributed by atoms with Gasteiger partial charge in [0.25, 0.3) is 5.69 Å². The van der Waals surface area contributed by atoms with E-state index in [0.29, 0.717) is 17.4 Å². The summed E-state index contributed by atoms with van der Waals surface area (Å²) in [6.45, 7) is 6.47. The standard InChI is InChI=1S/C35H41N5O4/c1-2-34-36-32-12-6-7-13-33(32)39(34)26-30(29-10-4-3-5-11-29)20-24-37-22-18-27(19-23-37)9-8-21-38(35(41)42)25-28-14-16-31(17-15-28)40(43)44/h3-17,27,30H,2,18-26H2,1H3,(H,41,42)/p-1. The normalized spacial score (nSPS) is 15.1. The maximum atomic E-state index is 11.7. The molecule has 3 aromatic carbocycles. The first-order valence-electron chi connectivity index (χ1n) is 15.5. The highest BCUT2D eigenvalue weighted by Crippen LogP contribution is 2.27. The minimum atomic E-state index is -1.26. The number of benzene rings is 3. The first kappa shape index (κ1) is 30.9. The van der Waals surface area contributed by atoms with Gasteiger partial charge in [0, 0.05) is 44.1 Å². The zero-order chi connectivity index (χ0) is 30.9. The SMILES string of the molecule is CCc1nc2ccccc2n1CC(CCN1CCC(C=CCN(Cc2ccc([N+](=O)[O-])cc2)C(=O)[O-])CC1)c1ccccc1. The molecule has 0 N–H and O–H groups in total. The second-order valence-corrected chi connectivity index (χ2v) is 11.6. The van der Waals surface area contributed by atoms with Crippen molar-refractivity contribution in [3.8, 4) is 0 Å². The van der Waals surface area contributed by atoms with Crippen LogP contribution in [0.1, 0.15) is 49.1 Å². The van der Waals surface area contributed by atoms with Crippen molar-refractivity contribution in [1.29, 1.82) is 0 Å². The van der Waals surface area contributed by atoms with Crippen molar-refractivity contribution in [3.05, 3.63) is 118 Å². The van der Waals surface area contributed by atoms with E-state index in [-0.39, 0.29) is 18.8 Å². The summed E-state index contributed by atoms with van der Waals surface area (Å²) in [6, 6.07) is 25.1. The van der Waals surface area contributed by atoms with Gasteiger partial charge >= 0.3 is 0 Å². The third kappa shape index (κ3) is 7.90. The van der Waals surface area contributed by atoms with Gasteiger partial charge < -0.3 is 24.3 Å². The number of hydrogen-bond donors (Lipinski definition) is 0. The van der Waals surface area contributed by atoms with Crippen LogP contribution in [0.25, 0.3) is 11.0 Å². The predicted molar refractivity (Wildman–Crippen MR) is 170 cm³/mol. The molecule has 1 saturated heterocycles. The molecule has 4 aromatic rings. The smallest absolute Gasteiger partial charge is 0.269 e. The summed E-state index contributed by atoms with van der Waals surface area (Å²) in [5, 5.41) is 22.6. The van der Waals surface area contributed by atoms with Gasteiger partial charge in [-0.2, -0.15) is 0 Å². The number of nitrogens with zero attached hydrogens (tertiary/aromatic N) is 5. The number of aryl methyl sites for hydroxylation is 1. The molecule has 9 nitrogen and oxygen atoms in total.